The maximum absolute atomic E-state index is 12.4. The minimum absolute atomic E-state index is 0.0570. The molecule has 28 heavy (non-hydrogen) atoms. The van der Waals surface area contributed by atoms with Gasteiger partial charge in [0.05, 0.1) is 10.9 Å². The van der Waals surface area contributed by atoms with Gasteiger partial charge in [0.1, 0.15) is 6.04 Å². The third-order valence-electron chi connectivity index (χ3n) is 5.17. The lowest BCUT2D eigenvalue weighted by Gasteiger charge is -2.29. The number of fused-ring (bicyclic) bond motifs is 1. The van der Waals surface area contributed by atoms with Crippen molar-refractivity contribution in [3.05, 3.63) is 35.9 Å². The van der Waals surface area contributed by atoms with Gasteiger partial charge in [-0.3, -0.25) is 14.4 Å². The minimum atomic E-state index is -0.681. The van der Waals surface area contributed by atoms with Crippen molar-refractivity contribution in [2.45, 2.75) is 50.1 Å². The molecule has 2 amide bonds. The van der Waals surface area contributed by atoms with Crippen LogP contribution in [0.2, 0.25) is 0 Å². The summed E-state index contributed by atoms with van der Waals surface area (Å²) in [4.78, 5) is 49.8. The molecule has 3 rings (SSSR count). The van der Waals surface area contributed by atoms with Gasteiger partial charge in [0.15, 0.2) is 12.4 Å². The number of thioether (sulfide) groups is 1. The van der Waals surface area contributed by atoms with Crippen LogP contribution in [0, 0.1) is 0 Å². The fraction of sp³-hybridized carbons (Fsp3) is 0.500. The van der Waals surface area contributed by atoms with Crippen molar-refractivity contribution in [1.29, 1.82) is 0 Å². The molecule has 7 nitrogen and oxygen atoms in total. The van der Waals surface area contributed by atoms with Gasteiger partial charge in [-0.15, -0.1) is 11.8 Å². The van der Waals surface area contributed by atoms with Gasteiger partial charge in [0, 0.05) is 12.2 Å². The molecule has 1 aromatic carbocycles. The van der Waals surface area contributed by atoms with E-state index in [0.717, 1.165) is 5.56 Å². The lowest BCUT2D eigenvalue weighted by atomic mass is 10.0. The maximum Gasteiger partial charge on any atom is 0.330 e. The molecule has 0 aromatic heterocycles. The molecule has 0 saturated carbocycles. The molecule has 0 aliphatic carbocycles. The molecule has 2 aliphatic rings. The molecule has 3 atom stereocenters. The van der Waals surface area contributed by atoms with Gasteiger partial charge in [-0.25, -0.2) is 4.79 Å². The summed E-state index contributed by atoms with van der Waals surface area (Å²) in [6.07, 6.45) is 1.50. The average molecular weight is 404 g/mol. The highest BCUT2D eigenvalue weighted by atomic mass is 32.2. The van der Waals surface area contributed by atoms with Crippen LogP contribution in [0.3, 0.4) is 0 Å². The second kappa shape index (κ2) is 8.34. The zero-order valence-electron chi connectivity index (χ0n) is 16.0. The first-order valence-corrected chi connectivity index (χ1v) is 10.3. The van der Waals surface area contributed by atoms with Gasteiger partial charge in [-0.2, -0.15) is 0 Å². The van der Waals surface area contributed by atoms with Crippen molar-refractivity contribution in [2.75, 3.05) is 12.4 Å². The Morgan fingerprint density at radius 2 is 2.04 bits per heavy atom. The molecule has 2 aliphatic heterocycles. The summed E-state index contributed by atoms with van der Waals surface area (Å²) in [5.74, 6) is -0.880. The number of nitrogens with one attached hydrogen (secondary N) is 1. The van der Waals surface area contributed by atoms with Crippen molar-refractivity contribution < 1.29 is 23.9 Å². The second-order valence-corrected chi connectivity index (χ2v) is 8.80. The number of Topliss-reactive ketones (excluding diaryl/α,β-unsaturated/α-hetero) is 1. The molecule has 1 N–H and O–H groups in total. The smallest absolute Gasteiger partial charge is 0.330 e. The third kappa shape index (κ3) is 4.38. The number of ether oxygens (including phenoxy) is 1. The standard InChI is InChI=1S/C20H24N2O5S/c1-13(23)15(10-14-6-4-3-5-7-14)21-17(24)11-27-19(26)16-12-28-20(2)9-8-18(25)22(16)20/h3-7,15-16H,8-12H2,1-2H3,(H,21,24)/t15-,16-,20-/m0/s1. The molecule has 0 spiro atoms. The van der Waals surface area contributed by atoms with Crippen molar-refractivity contribution >= 4 is 35.3 Å². The van der Waals surface area contributed by atoms with Gasteiger partial charge in [0.2, 0.25) is 5.91 Å². The summed E-state index contributed by atoms with van der Waals surface area (Å²) < 4.78 is 5.15. The molecule has 150 valence electrons. The van der Waals surface area contributed by atoms with Gasteiger partial charge < -0.3 is 15.0 Å². The molecule has 8 heteroatoms. The van der Waals surface area contributed by atoms with Crippen LogP contribution in [-0.4, -0.2) is 57.8 Å². The van der Waals surface area contributed by atoms with Crippen LogP contribution >= 0.6 is 11.8 Å². The average Bonchev–Trinajstić information content (AvgIpc) is 3.16. The molecular weight excluding hydrogens is 380 g/mol. The van der Waals surface area contributed by atoms with Gasteiger partial charge >= 0.3 is 5.97 Å². The second-order valence-electron chi connectivity index (χ2n) is 7.29. The first-order valence-electron chi connectivity index (χ1n) is 9.26. The van der Waals surface area contributed by atoms with E-state index in [9.17, 15) is 19.2 Å². The minimum Gasteiger partial charge on any atom is -0.454 e. The zero-order valence-corrected chi connectivity index (χ0v) is 16.8. The quantitative estimate of drug-likeness (QED) is 0.689. The summed E-state index contributed by atoms with van der Waals surface area (Å²) in [5.41, 5.74) is 0.926. The number of carbonyl (C=O) groups excluding carboxylic acids is 4. The van der Waals surface area contributed by atoms with Crippen LogP contribution in [0.15, 0.2) is 30.3 Å². The largest absolute Gasteiger partial charge is 0.454 e. The fourth-order valence-corrected chi connectivity index (χ4v) is 5.03. The molecule has 0 unspecified atom stereocenters. The Balaban J connectivity index is 1.52. The van der Waals surface area contributed by atoms with Crippen LogP contribution in [0.4, 0.5) is 0 Å². The highest BCUT2D eigenvalue weighted by Crippen LogP contribution is 2.47. The SMILES string of the molecule is CC(=O)[C@H](Cc1ccccc1)NC(=O)COC(=O)[C@@H]1CS[C@@]2(C)CCC(=O)N12. The van der Waals surface area contributed by atoms with Gasteiger partial charge in [-0.05, 0) is 32.3 Å². The highest BCUT2D eigenvalue weighted by Gasteiger charge is 2.53. The summed E-state index contributed by atoms with van der Waals surface area (Å²) in [7, 11) is 0. The Hall–Kier alpha value is -2.35. The summed E-state index contributed by atoms with van der Waals surface area (Å²) >= 11 is 1.56. The van der Waals surface area contributed by atoms with Crippen LogP contribution in [-0.2, 0) is 30.3 Å². The van der Waals surface area contributed by atoms with Crippen LogP contribution < -0.4 is 5.32 Å². The van der Waals surface area contributed by atoms with Crippen molar-refractivity contribution in [3.63, 3.8) is 0 Å². The molecule has 2 fully saturated rings. The number of hydrogen-bond acceptors (Lipinski definition) is 6. The van der Waals surface area contributed by atoms with Crippen molar-refractivity contribution in [2.24, 2.45) is 0 Å². The first kappa shape index (κ1) is 20.4. The van der Waals surface area contributed by atoms with Crippen LogP contribution in [0.5, 0.6) is 0 Å². The van der Waals surface area contributed by atoms with Gasteiger partial charge in [0.25, 0.3) is 5.91 Å². The van der Waals surface area contributed by atoms with Crippen LogP contribution in [0.1, 0.15) is 32.3 Å². The van der Waals surface area contributed by atoms with Crippen LogP contribution in [0.25, 0.3) is 0 Å². The Morgan fingerprint density at radius 3 is 2.71 bits per heavy atom. The van der Waals surface area contributed by atoms with E-state index in [0.29, 0.717) is 25.0 Å². The predicted octanol–water partition coefficient (Wildman–Crippen LogP) is 1.30. The molecule has 0 radical (unpaired) electrons. The predicted molar refractivity (Wildman–Crippen MR) is 104 cm³/mol. The van der Waals surface area contributed by atoms with E-state index in [4.69, 9.17) is 4.74 Å². The van der Waals surface area contributed by atoms with Gasteiger partial charge in [-0.1, -0.05) is 30.3 Å². The Kier molecular flexibility index (Phi) is 6.07. The zero-order chi connectivity index (χ0) is 20.3. The number of esters is 1. The van der Waals surface area contributed by atoms with E-state index in [2.05, 4.69) is 5.32 Å². The lowest BCUT2D eigenvalue weighted by Crippen LogP contribution is -2.48. The topological polar surface area (TPSA) is 92.8 Å². The van der Waals surface area contributed by atoms with E-state index in [1.807, 2.05) is 37.3 Å². The van der Waals surface area contributed by atoms with E-state index in [1.54, 1.807) is 16.7 Å². The number of carbonyl (C=O) groups is 4. The molecule has 1 aromatic rings. The van der Waals surface area contributed by atoms with E-state index in [-0.39, 0.29) is 16.6 Å². The van der Waals surface area contributed by atoms with Crippen molar-refractivity contribution in [3.8, 4) is 0 Å². The highest BCUT2D eigenvalue weighted by molar-refractivity contribution is 8.01. The number of nitrogens with zero attached hydrogens (tertiary/aromatic N) is 1. The Morgan fingerprint density at radius 1 is 1.32 bits per heavy atom. The number of amides is 2. The summed E-state index contributed by atoms with van der Waals surface area (Å²) in [6.45, 7) is 2.89. The Bertz CT molecular complexity index is 784. The van der Waals surface area contributed by atoms with Crippen molar-refractivity contribution in [1.82, 2.24) is 10.2 Å². The number of ketones is 1. The molecular formula is C20H24N2O5S. The normalized spacial score (nSPS) is 24.6. The fourth-order valence-electron chi connectivity index (χ4n) is 3.61. The molecule has 0 bridgehead atoms. The maximum atomic E-state index is 12.4. The lowest BCUT2D eigenvalue weighted by molar-refractivity contribution is -0.156. The monoisotopic (exact) mass is 404 g/mol. The summed E-state index contributed by atoms with van der Waals surface area (Å²) in [6, 6.07) is 8.02. The Labute approximate surface area is 168 Å². The molecule has 2 heterocycles. The number of hydrogen-bond donors (Lipinski definition) is 1. The van der Waals surface area contributed by atoms with E-state index < -0.39 is 30.6 Å². The number of benzene rings is 1. The third-order valence-corrected chi connectivity index (χ3v) is 6.68. The summed E-state index contributed by atoms with van der Waals surface area (Å²) in [5, 5.41) is 2.62. The molecule has 2 saturated heterocycles. The number of rotatable bonds is 7. The first-order chi connectivity index (χ1) is 13.3. The van der Waals surface area contributed by atoms with E-state index >= 15 is 0 Å². The van der Waals surface area contributed by atoms with E-state index in [1.165, 1.54) is 6.92 Å².